The Morgan fingerprint density at radius 2 is 0.917 bits per heavy atom. The molecule has 2 heterocycles. The lowest BCUT2D eigenvalue weighted by Crippen LogP contribution is -2.15. The summed E-state index contributed by atoms with van der Waals surface area (Å²) in [5, 5.41) is 5.22. The zero-order valence-electron chi connectivity index (χ0n) is 33.3. The highest BCUT2D eigenvalue weighted by molar-refractivity contribution is 7.26. The van der Waals surface area contributed by atoms with E-state index in [0.29, 0.717) is 0 Å². The predicted molar refractivity (Wildman–Crippen MR) is 261 cm³/mol. The Morgan fingerprint density at radius 1 is 0.350 bits per heavy atom. The van der Waals surface area contributed by atoms with Gasteiger partial charge in [-0.15, -0.1) is 22.7 Å². The molecule has 0 N–H and O–H groups in total. The standard InChI is InChI=1S/C57H39NS2/c1-57(2)49-19-9-6-15-43(49)47-34-40(29-31-50(47)57)58(41-28-30-46-44-16-7-10-21-52(44)60-55(46)35-41)51-20-12-18-42(39-27-32-54-48(33-39)45-17-8-11-22-53(45)59-54)56(51)38-25-23-37(24-26-38)36-13-4-3-5-14-36/h3-35H,1-2H3. The molecule has 1 nitrogen and oxygen atoms in total. The highest BCUT2D eigenvalue weighted by Crippen LogP contribution is 2.53. The summed E-state index contributed by atoms with van der Waals surface area (Å²) in [4.78, 5) is 2.51. The molecule has 1 aliphatic carbocycles. The molecule has 0 fully saturated rings. The summed E-state index contributed by atoms with van der Waals surface area (Å²) in [5.74, 6) is 0. The minimum atomic E-state index is -0.0820. The van der Waals surface area contributed by atoms with E-state index in [9.17, 15) is 0 Å². The van der Waals surface area contributed by atoms with Gasteiger partial charge in [-0.05, 0) is 105 Å². The van der Waals surface area contributed by atoms with E-state index in [4.69, 9.17) is 0 Å². The number of thiophene rings is 2. The van der Waals surface area contributed by atoms with Gasteiger partial charge in [-0.3, -0.25) is 0 Å². The van der Waals surface area contributed by atoms with Crippen LogP contribution in [0.4, 0.5) is 17.1 Å². The molecule has 0 amide bonds. The number of rotatable bonds is 6. The molecular weight excluding hydrogens is 763 g/mol. The first-order chi connectivity index (χ1) is 29.5. The topological polar surface area (TPSA) is 3.24 Å². The van der Waals surface area contributed by atoms with E-state index in [1.54, 1.807) is 0 Å². The molecule has 0 unspecified atom stereocenters. The minimum absolute atomic E-state index is 0.0820. The Balaban J connectivity index is 1.13. The maximum Gasteiger partial charge on any atom is 0.0546 e. The van der Waals surface area contributed by atoms with Crippen LogP contribution in [0.2, 0.25) is 0 Å². The summed E-state index contributed by atoms with van der Waals surface area (Å²) in [6, 6.07) is 74.6. The van der Waals surface area contributed by atoms with Gasteiger partial charge in [0.2, 0.25) is 0 Å². The molecular formula is C57H39NS2. The van der Waals surface area contributed by atoms with Crippen LogP contribution in [0.5, 0.6) is 0 Å². The van der Waals surface area contributed by atoms with Crippen molar-refractivity contribution >= 4 is 80.1 Å². The summed E-state index contributed by atoms with van der Waals surface area (Å²) in [6.07, 6.45) is 0. The van der Waals surface area contributed by atoms with Crippen molar-refractivity contribution in [3.05, 3.63) is 211 Å². The van der Waals surface area contributed by atoms with Crippen LogP contribution in [0.25, 0.3) is 84.9 Å². The van der Waals surface area contributed by atoms with E-state index in [-0.39, 0.29) is 5.41 Å². The fourth-order valence-corrected chi connectivity index (χ4v) is 12.0. The van der Waals surface area contributed by atoms with Crippen molar-refractivity contribution in [1.29, 1.82) is 0 Å². The van der Waals surface area contributed by atoms with Crippen LogP contribution in [-0.2, 0) is 5.41 Å². The maximum atomic E-state index is 2.51. The molecule has 3 heteroatoms. The predicted octanol–water partition coefficient (Wildman–Crippen LogP) is 17.2. The second kappa shape index (κ2) is 13.6. The quantitative estimate of drug-likeness (QED) is 0.162. The smallest absolute Gasteiger partial charge is 0.0546 e. The van der Waals surface area contributed by atoms with Crippen molar-refractivity contribution in [3.8, 4) is 44.5 Å². The third-order valence-corrected chi connectivity index (χ3v) is 15.0. The van der Waals surface area contributed by atoms with Gasteiger partial charge in [0.15, 0.2) is 0 Å². The third kappa shape index (κ3) is 5.50. The van der Waals surface area contributed by atoms with E-state index in [1.807, 2.05) is 22.7 Å². The molecule has 9 aromatic carbocycles. The van der Waals surface area contributed by atoms with Gasteiger partial charge in [-0.25, -0.2) is 0 Å². The van der Waals surface area contributed by atoms with Gasteiger partial charge >= 0.3 is 0 Å². The van der Waals surface area contributed by atoms with Gasteiger partial charge in [0.25, 0.3) is 0 Å². The fourth-order valence-electron chi connectivity index (χ4n) is 9.75. The Hall–Kier alpha value is -6.78. The van der Waals surface area contributed by atoms with Gasteiger partial charge in [0.1, 0.15) is 0 Å². The Bertz CT molecular complexity index is 3460. The molecule has 0 radical (unpaired) electrons. The van der Waals surface area contributed by atoms with Gasteiger partial charge in [0, 0.05) is 62.7 Å². The zero-order valence-corrected chi connectivity index (χ0v) is 34.9. The zero-order chi connectivity index (χ0) is 40.0. The molecule has 60 heavy (non-hydrogen) atoms. The number of hydrogen-bond donors (Lipinski definition) is 0. The fraction of sp³-hybridized carbons (Fsp3) is 0.0526. The molecule has 284 valence electrons. The van der Waals surface area contributed by atoms with Crippen LogP contribution in [-0.4, -0.2) is 0 Å². The first kappa shape index (κ1) is 35.2. The second-order valence-electron chi connectivity index (χ2n) is 16.5. The molecule has 0 saturated heterocycles. The van der Waals surface area contributed by atoms with Crippen LogP contribution >= 0.6 is 22.7 Å². The van der Waals surface area contributed by atoms with Gasteiger partial charge < -0.3 is 4.90 Å². The molecule has 0 aliphatic heterocycles. The van der Waals surface area contributed by atoms with Crippen molar-refractivity contribution in [2.24, 2.45) is 0 Å². The first-order valence-electron chi connectivity index (χ1n) is 20.7. The average molecular weight is 802 g/mol. The van der Waals surface area contributed by atoms with Gasteiger partial charge in [-0.1, -0.05) is 159 Å². The van der Waals surface area contributed by atoms with E-state index >= 15 is 0 Å². The highest BCUT2D eigenvalue weighted by atomic mass is 32.1. The summed E-state index contributed by atoms with van der Waals surface area (Å²) < 4.78 is 5.22. The van der Waals surface area contributed by atoms with Crippen molar-refractivity contribution in [2.45, 2.75) is 19.3 Å². The molecule has 0 saturated carbocycles. The maximum absolute atomic E-state index is 2.51. The minimum Gasteiger partial charge on any atom is -0.310 e. The average Bonchev–Trinajstić information content (AvgIpc) is 3.93. The van der Waals surface area contributed by atoms with E-state index in [0.717, 1.165) is 17.1 Å². The van der Waals surface area contributed by atoms with Crippen molar-refractivity contribution < 1.29 is 0 Å². The summed E-state index contributed by atoms with van der Waals surface area (Å²) >= 11 is 3.74. The number of nitrogens with zero attached hydrogens (tertiary/aromatic N) is 1. The number of benzene rings is 9. The largest absolute Gasteiger partial charge is 0.310 e. The van der Waals surface area contributed by atoms with Crippen LogP contribution in [0, 0.1) is 0 Å². The highest BCUT2D eigenvalue weighted by Gasteiger charge is 2.36. The van der Waals surface area contributed by atoms with Crippen molar-refractivity contribution in [3.63, 3.8) is 0 Å². The molecule has 0 bridgehead atoms. The van der Waals surface area contributed by atoms with Crippen LogP contribution in [0.15, 0.2) is 200 Å². The van der Waals surface area contributed by atoms with Crippen molar-refractivity contribution in [1.82, 2.24) is 0 Å². The monoisotopic (exact) mass is 801 g/mol. The van der Waals surface area contributed by atoms with Crippen LogP contribution in [0.3, 0.4) is 0 Å². The van der Waals surface area contributed by atoms with Crippen molar-refractivity contribution in [2.75, 3.05) is 4.90 Å². The molecule has 11 aromatic rings. The lowest BCUT2D eigenvalue weighted by molar-refractivity contribution is 0.660. The Morgan fingerprint density at radius 3 is 1.73 bits per heavy atom. The normalized spacial score (nSPS) is 13.0. The third-order valence-electron chi connectivity index (χ3n) is 12.7. The first-order valence-corrected chi connectivity index (χ1v) is 22.3. The lowest BCUT2D eigenvalue weighted by atomic mass is 9.82. The molecule has 2 aromatic heterocycles. The Labute approximate surface area is 358 Å². The summed E-state index contributed by atoms with van der Waals surface area (Å²) in [7, 11) is 0. The molecule has 0 atom stereocenters. The van der Waals surface area contributed by atoms with E-state index < -0.39 is 0 Å². The number of hydrogen-bond acceptors (Lipinski definition) is 3. The molecule has 12 rings (SSSR count). The van der Waals surface area contributed by atoms with E-state index in [1.165, 1.54) is 96.0 Å². The van der Waals surface area contributed by atoms with Crippen LogP contribution in [0.1, 0.15) is 25.0 Å². The second-order valence-corrected chi connectivity index (χ2v) is 18.6. The van der Waals surface area contributed by atoms with Gasteiger partial charge in [0.05, 0.1) is 5.69 Å². The van der Waals surface area contributed by atoms with Crippen LogP contribution < -0.4 is 4.90 Å². The molecule has 1 aliphatic rings. The molecule has 0 spiro atoms. The summed E-state index contributed by atoms with van der Waals surface area (Å²) in [6.45, 7) is 4.72. The van der Waals surface area contributed by atoms with E-state index in [2.05, 4.69) is 219 Å². The number of fused-ring (bicyclic) bond motifs is 9. The Kier molecular flexibility index (Phi) is 8.00. The van der Waals surface area contributed by atoms with Gasteiger partial charge in [-0.2, -0.15) is 0 Å². The number of anilines is 3. The summed E-state index contributed by atoms with van der Waals surface area (Å²) in [5.41, 5.74) is 15.9. The lowest BCUT2D eigenvalue weighted by Gasteiger charge is -2.30. The SMILES string of the molecule is CC1(C)c2ccccc2-c2cc(N(c3ccc4c(c3)sc3ccccc34)c3cccc(-c4ccc5sc6ccccc6c5c4)c3-c3ccc(-c4ccccc4)cc3)ccc21.